The van der Waals surface area contributed by atoms with Gasteiger partial charge in [-0.25, -0.2) is 0 Å². The highest BCUT2D eigenvalue weighted by atomic mass is 15.2. The molecule has 1 heterocycles. The molecule has 2 unspecified atom stereocenters. The summed E-state index contributed by atoms with van der Waals surface area (Å²) in [6, 6.07) is 9.42. The molecule has 1 aromatic rings. The third kappa shape index (κ3) is 1.88. The van der Waals surface area contributed by atoms with E-state index < -0.39 is 0 Å². The van der Waals surface area contributed by atoms with Crippen molar-refractivity contribution in [2.75, 3.05) is 6.54 Å². The van der Waals surface area contributed by atoms with Crippen LogP contribution in [0.5, 0.6) is 0 Å². The van der Waals surface area contributed by atoms with Crippen LogP contribution in [0.4, 0.5) is 0 Å². The predicted molar refractivity (Wildman–Crippen MR) is 75.5 cm³/mol. The van der Waals surface area contributed by atoms with E-state index in [4.69, 9.17) is 5.73 Å². The van der Waals surface area contributed by atoms with Gasteiger partial charge in [-0.3, -0.25) is 4.90 Å². The van der Waals surface area contributed by atoms with Crippen LogP contribution in [0.2, 0.25) is 0 Å². The number of aryl methyl sites for hydroxylation is 1. The fourth-order valence-electron chi connectivity index (χ4n) is 3.87. The number of rotatable bonds is 1. The van der Waals surface area contributed by atoms with Crippen LogP contribution in [-0.4, -0.2) is 23.0 Å². The van der Waals surface area contributed by atoms with Gasteiger partial charge in [0.1, 0.15) is 0 Å². The van der Waals surface area contributed by atoms with E-state index in [1.165, 1.54) is 43.4 Å². The molecule has 1 aromatic carbocycles. The second-order valence-electron chi connectivity index (χ2n) is 6.44. The summed E-state index contributed by atoms with van der Waals surface area (Å²) in [4.78, 5) is 2.66. The summed E-state index contributed by atoms with van der Waals surface area (Å²) in [6.45, 7) is 5.95. The molecule has 2 nitrogen and oxygen atoms in total. The van der Waals surface area contributed by atoms with Crippen LogP contribution in [-0.2, 0) is 6.42 Å². The lowest BCUT2D eigenvalue weighted by molar-refractivity contribution is 0.0876. The zero-order valence-electron chi connectivity index (χ0n) is 11.5. The van der Waals surface area contributed by atoms with Crippen molar-refractivity contribution in [3.8, 4) is 0 Å². The minimum atomic E-state index is 0.187. The molecule has 0 aromatic heterocycles. The molecule has 2 N–H and O–H groups in total. The summed E-state index contributed by atoms with van der Waals surface area (Å²) in [5, 5.41) is 0. The second kappa shape index (κ2) is 4.36. The van der Waals surface area contributed by atoms with Crippen molar-refractivity contribution >= 4 is 0 Å². The van der Waals surface area contributed by atoms with Gasteiger partial charge in [0, 0.05) is 17.6 Å². The minimum absolute atomic E-state index is 0.187. The molecule has 1 aliphatic carbocycles. The third-order valence-electron chi connectivity index (χ3n) is 4.90. The Morgan fingerprint density at radius 3 is 2.78 bits per heavy atom. The molecule has 3 rings (SSSR count). The summed E-state index contributed by atoms with van der Waals surface area (Å²) in [5.74, 6) is 0. The van der Waals surface area contributed by atoms with Crippen molar-refractivity contribution < 1.29 is 0 Å². The summed E-state index contributed by atoms with van der Waals surface area (Å²) in [7, 11) is 0. The lowest BCUT2D eigenvalue weighted by Gasteiger charge is -2.44. The molecule has 0 saturated carbocycles. The molecule has 2 heteroatoms. The van der Waals surface area contributed by atoms with Crippen LogP contribution in [0.25, 0.3) is 0 Å². The van der Waals surface area contributed by atoms with Gasteiger partial charge >= 0.3 is 0 Å². The van der Waals surface area contributed by atoms with E-state index in [2.05, 4.69) is 43.0 Å². The van der Waals surface area contributed by atoms with Crippen LogP contribution in [0.1, 0.15) is 50.3 Å². The number of nitrogens with zero attached hydrogens (tertiary/aromatic N) is 1. The summed E-state index contributed by atoms with van der Waals surface area (Å²) in [5.41, 5.74) is 9.71. The number of hydrogen-bond acceptors (Lipinski definition) is 2. The smallest absolute Gasteiger partial charge is 0.0456 e. The SMILES string of the molecule is CC1(C)CCCN1C1CCc2ccccc2C1N. The quantitative estimate of drug-likeness (QED) is 0.823. The Bertz CT molecular complexity index is 438. The zero-order valence-corrected chi connectivity index (χ0v) is 11.5. The van der Waals surface area contributed by atoms with Gasteiger partial charge in [-0.15, -0.1) is 0 Å². The van der Waals surface area contributed by atoms with E-state index in [1.54, 1.807) is 0 Å². The topological polar surface area (TPSA) is 29.3 Å². The third-order valence-corrected chi connectivity index (χ3v) is 4.90. The summed E-state index contributed by atoms with van der Waals surface area (Å²) < 4.78 is 0. The van der Waals surface area contributed by atoms with Gasteiger partial charge in [0.05, 0.1) is 0 Å². The first-order chi connectivity index (χ1) is 8.59. The lowest BCUT2D eigenvalue weighted by Crippen LogP contribution is -2.51. The highest BCUT2D eigenvalue weighted by Gasteiger charge is 2.40. The van der Waals surface area contributed by atoms with E-state index in [0.29, 0.717) is 11.6 Å². The number of likely N-dealkylation sites (tertiary alicyclic amines) is 1. The van der Waals surface area contributed by atoms with Gasteiger partial charge in [0.15, 0.2) is 0 Å². The molecule has 1 fully saturated rings. The second-order valence-corrected chi connectivity index (χ2v) is 6.44. The molecular weight excluding hydrogens is 220 g/mol. The van der Waals surface area contributed by atoms with E-state index in [-0.39, 0.29) is 6.04 Å². The van der Waals surface area contributed by atoms with Crippen molar-refractivity contribution in [1.82, 2.24) is 4.90 Å². The molecule has 98 valence electrons. The molecular formula is C16H24N2. The van der Waals surface area contributed by atoms with Gasteiger partial charge in [0.2, 0.25) is 0 Å². The first-order valence-corrected chi connectivity index (χ1v) is 7.20. The Hall–Kier alpha value is -0.860. The Morgan fingerprint density at radius 2 is 2.06 bits per heavy atom. The van der Waals surface area contributed by atoms with Crippen molar-refractivity contribution in [2.24, 2.45) is 5.73 Å². The fourth-order valence-corrected chi connectivity index (χ4v) is 3.87. The molecule has 0 spiro atoms. The van der Waals surface area contributed by atoms with E-state index >= 15 is 0 Å². The van der Waals surface area contributed by atoms with Gasteiger partial charge in [-0.1, -0.05) is 24.3 Å². The van der Waals surface area contributed by atoms with Crippen LogP contribution < -0.4 is 5.73 Å². The molecule has 0 amide bonds. The lowest BCUT2D eigenvalue weighted by atomic mass is 9.82. The monoisotopic (exact) mass is 244 g/mol. The minimum Gasteiger partial charge on any atom is -0.323 e. The average Bonchev–Trinajstić information content (AvgIpc) is 2.70. The Morgan fingerprint density at radius 1 is 1.28 bits per heavy atom. The zero-order chi connectivity index (χ0) is 12.8. The molecule has 1 aliphatic heterocycles. The van der Waals surface area contributed by atoms with Crippen LogP contribution in [0, 0.1) is 0 Å². The molecule has 1 saturated heterocycles. The van der Waals surface area contributed by atoms with Crippen molar-refractivity contribution in [1.29, 1.82) is 0 Å². The van der Waals surface area contributed by atoms with Gasteiger partial charge < -0.3 is 5.73 Å². The van der Waals surface area contributed by atoms with Crippen molar-refractivity contribution in [2.45, 2.75) is 57.2 Å². The van der Waals surface area contributed by atoms with Crippen LogP contribution in [0.3, 0.4) is 0 Å². The molecule has 2 aliphatic rings. The Balaban J connectivity index is 1.89. The number of benzene rings is 1. The molecule has 0 bridgehead atoms. The maximum absolute atomic E-state index is 6.55. The van der Waals surface area contributed by atoms with Crippen molar-refractivity contribution in [3.05, 3.63) is 35.4 Å². The first kappa shape index (κ1) is 12.2. The summed E-state index contributed by atoms with van der Waals surface area (Å²) in [6.07, 6.45) is 5.01. The number of hydrogen-bond donors (Lipinski definition) is 1. The van der Waals surface area contributed by atoms with Gasteiger partial charge in [-0.05, 0) is 57.2 Å². The Kier molecular flexibility index (Phi) is 2.95. The molecule has 0 radical (unpaired) electrons. The maximum atomic E-state index is 6.55. The largest absolute Gasteiger partial charge is 0.323 e. The maximum Gasteiger partial charge on any atom is 0.0456 e. The van der Waals surface area contributed by atoms with E-state index in [1.807, 2.05) is 0 Å². The summed E-state index contributed by atoms with van der Waals surface area (Å²) >= 11 is 0. The van der Waals surface area contributed by atoms with Crippen molar-refractivity contribution in [3.63, 3.8) is 0 Å². The fraction of sp³-hybridized carbons (Fsp3) is 0.625. The predicted octanol–water partition coefficient (Wildman–Crippen LogP) is 2.88. The van der Waals surface area contributed by atoms with Crippen LogP contribution >= 0.6 is 0 Å². The average molecular weight is 244 g/mol. The van der Waals surface area contributed by atoms with Crippen LogP contribution in [0.15, 0.2) is 24.3 Å². The number of fused-ring (bicyclic) bond motifs is 1. The normalized spacial score (nSPS) is 31.3. The van der Waals surface area contributed by atoms with Gasteiger partial charge in [-0.2, -0.15) is 0 Å². The van der Waals surface area contributed by atoms with Gasteiger partial charge in [0.25, 0.3) is 0 Å². The number of nitrogens with two attached hydrogens (primary N) is 1. The highest BCUT2D eigenvalue weighted by molar-refractivity contribution is 5.33. The Labute approximate surface area is 110 Å². The van der Waals surface area contributed by atoms with E-state index in [0.717, 1.165) is 0 Å². The molecule has 18 heavy (non-hydrogen) atoms. The van der Waals surface area contributed by atoms with E-state index in [9.17, 15) is 0 Å². The highest BCUT2D eigenvalue weighted by Crippen LogP contribution is 2.38. The molecule has 2 atom stereocenters. The first-order valence-electron chi connectivity index (χ1n) is 7.20. The standard InChI is InChI=1S/C16H24N2/c1-16(2)10-5-11-18(16)14-9-8-12-6-3-4-7-13(12)15(14)17/h3-4,6-7,14-15H,5,8-11,17H2,1-2H3.